The van der Waals surface area contributed by atoms with Crippen LogP contribution >= 0.6 is 0 Å². The van der Waals surface area contributed by atoms with E-state index in [4.69, 9.17) is 18.9 Å². The zero-order chi connectivity index (χ0) is 31.8. The lowest BCUT2D eigenvalue weighted by molar-refractivity contribution is 0.101. The van der Waals surface area contributed by atoms with E-state index in [0.29, 0.717) is 78.3 Å². The van der Waals surface area contributed by atoms with Gasteiger partial charge in [0.25, 0.3) is 17.4 Å². The maximum atomic E-state index is 13.7. The number of hydrogen-bond acceptors (Lipinski definition) is 8. The number of nitrogens with one attached hydrogen (secondary N) is 2. The molecule has 2 atom stereocenters. The molecule has 11 nitrogen and oxygen atoms in total. The number of methoxy groups -OCH3 is 2. The summed E-state index contributed by atoms with van der Waals surface area (Å²) in [6, 6.07) is 21.0. The number of carbonyl (C=O) groups is 2. The molecule has 0 radical (unpaired) electrons. The monoisotopic (exact) mass is 622 g/mol. The van der Waals surface area contributed by atoms with E-state index in [1.54, 1.807) is 54.6 Å². The Bertz CT molecular complexity index is 1870. The zero-order valence-electron chi connectivity index (χ0n) is 25.6. The molecule has 3 aliphatic rings. The van der Waals surface area contributed by atoms with Gasteiger partial charge in [-0.2, -0.15) is 0 Å². The van der Waals surface area contributed by atoms with Gasteiger partial charge in [-0.3, -0.25) is 14.4 Å². The van der Waals surface area contributed by atoms with E-state index in [0.717, 1.165) is 17.8 Å². The highest BCUT2D eigenvalue weighted by atomic mass is 16.6. The van der Waals surface area contributed by atoms with Gasteiger partial charge in [-0.05, 0) is 60.9 Å². The van der Waals surface area contributed by atoms with Crippen LogP contribution in [0.3, 0.4) is 0 Å². The number of fused-ring (bicyclic) bond motifs is 5. The van der Waals surface area contributed by atoms with Crippen LogP contribution in [0.4, 0.5) is 17.1 Å². The summed E-state index contributed by atoms with van der Waals surface area (Å²) in [7, 11) is 3.05. The Morgan fingerprint density at radius 1 is 0.783 bits per heavy atom. The molecule has 0 aliphatic carbocycles. The third-order valence-electron chi connectivity index (χ3n) is 8.74. The number of anilines is 3. The molecule has 2 amide bonds. The first kappa shape index (κ1) is 29.3. The lowest BCUT2D eigenvalue weighted by Gasteiger charge is -2.44. The Kier molecular flexibility index (Phi) is 7.73. The highest BCUT2D eigenvalue weighted by Crippen LogP contribution is 2.40. The van der Waals surface area contributed by atoms with Crippen molar-refractivity contribution >= 4 is 28.9 Å². The van der Waals surface area contributed by atoms with E-state index < -0.39 is 0 Å². The predicted octanol–water partition coefficient (Wildman–Crippen LogP) is 4.77. The number of pyridine rings is 1. The number of piperidine rings is 1. The summed E-state index contributed by atoms with van der Waals surface area (Å²) in [5.74, 6) is 1.86. The van der Waals surface area contributed by atoms with Crippen LogP contribution in [0.25, 0.3) is 0 Å². The summed E-state index contributed by atoms with van der Waals surface area (Å²) in [5.41, 5.74) is 3.61. The molecule has 1 saturated heterocycles. The van der Waals surface area contributed by atoms with Crippen LogP contribution in [-0.4, -0.2) is 56.9 Å². The maximum Gasteiger partial charge on any atom is 0.255 e. The standard InChI is InChI=1S/C35H34N4O7/c1-43-26-13-23(14-27(17-26)44-2)35(42)37-28-15-22(34(41)36-25-7-9-31-32(16-25)46-11-10-45-31)6-8-30(28)38-18-21-12-24(20-38)29-4-3-5-33(40)39(29)19-21/h3-9,13-17,21,24H,10-12,18-20H2,1-2H3,(H,36,41)(H,37,42). The van der Waals surface area contributed by atoms with Crippen molar-refractivity contribution in [2.75, 3.05) is 56.1 Å². The first-order chi connectivity index (χ1) is 22.4. The molecule has 1 fully saturated rings. The average molecular weight is 623 g/mol. The number of rotatable bonds is 7. The fourth-order valence-corrected chi connectivity index (χ4v) is 6.60. The summed E-state index contributed by atoms with van der Waals surface area (Å²) >= 11 is 0. The average Bonchev–Trinajstić information content (AvgIpc) is 3.08. The maximum absolute atomic E-state index is 13.7. The highest BCUT2D eigenvalue weighted by molar-refractivity contribution is 6.09. The van der Waals surface area contributed by atoms with Gasteiger partial charge in [0.2, 0.25) is 0 Å². The molecule has 2 N–H and O–H groups in total. The van der Waals surface area contributed by atoms with E-state index in [1.165, 1.54) is 14.2 Å². The number of aromatic nitrogens is 1. The largest absolute Gasteiger partial charge is 0.497 e. The Morgan fingerprint density at radius 2 is 1.54 bits per heavy atom. The molecule has 4 aromatic rings. The second-order valence-corrected chi connectivity index (χ2v) is 11.7. The first-order valence-corrected chi connectivity index (χ1v) is 15.2. The van der Waals surface area contributed by atoms with Crippen LogP contribution in [0.2, 0.25) is 0 Å². The summed E-state index contributed by atoms with van der Waals surface area (Å²) in [6.07, 6.45) is 0.987. The first-order valence-electron chi connectivity index (χ1n) is 15.2. The molecule has 0 saturated carbocycles. The lowest BCUT2D eigenvalue weighted by Crippen LogP contribution is -2.47. The smallest absolute Gasteiger partial charge is 0.255 e. The predicted molar refractivity (Wildman–Crippen MR) is 173 cm³/mol. The van der Waals surface area contributed by atoms with Crippen molar-refractivity contribution in [3.05, 3.63) is 100.0 Å². The fourth-order valence-electron chi connectivity index (χ4n) is 6.60. The van der Waals surface area contributed by atoms with Gasteiger partial charge in [-0.1, -0.05) is 6.07 Å². The van der Waals surface area contributed by atoms with Crippen LogP contribution < -0.4 is 40.0 Å². The number of benzene rings is 3. The van der Waals surface area contributed by atoms with Crippen LogP contribution in [0.1, 0.15) is 38.7 Å². The molecule has 4 heterocycles. The number of nitrogens with zero attached hydrogens (tertiary/aromatic N) is 2. The Morgan fingerprint density at radius 3 is 2.33 bits per heavy atom. The Hall–Kier alpha value is -5.45. The van der Waals surface area contributed by atoms with Gasteiger partial charge >= 0.3 is 0 Å². The number of amides is 2. The van der Waals surface area contributed by atoms with Gasteiger partial charge in [0.15, 0.2) is 11.5 Å². The van der Waals surface area contributed by atoms with Crippen molar-refractivity contribution in [3.8, 4) is 23.0 Å². The fraction of sp³-hybridized carbons (Fsp3) is 0.286. The van der Waals surface area contributed by atoms with Gasteiger partial charge in [-0.15, -0.1) is 0 Å². The highest BCUT2D eigenvalue weighted by Gasteiger charge is 2.35. The normalized spacial score (nSPS) is 17.8. The number of hydrogen-bond donors (Lipinski definition) is 2. The molecule has 2 bridgehead atoms. The second kappa shape index (κ2) is 12.2. The van der Waals surface area contributed by atoms with Crippen molar-refractivity contribution in [1.82, 2.24) is 4.57 Å². The molecule has 11 heteroatoms. The van der Waals surface area contributed by atoms with Crippen LogP contribution in [0, 0.1) is 5.92 Å². The molecule has 1 aromatic heterocycles. The third kappa shape index (κ3) is 5.71. The molecular formula is C35H34N4O7. The summed E-state index contributed by atoms with van der Waals surface area (Å²) in [6.45, 7) is 2.93. The molecule has 2 unspecified atom stereocenters. The van der Waals surface area contributed by atoms with Gasteiger partial charge in [0.1, 0.15) is 24.7 Å². The lowest BCUT2D eigenvalue weighted by atomic mass is 9.83. The topological polar surface area (TPSA) is 120 Å². The molecular weight excluding hydrogens is 588 g/mol. The van der Waals surface area contributed by atoms with E-state index in [1.807, 2.05) is 22.8 Å². The molecule has 3 aromatic carbocycles. The third-order valence-corrected chi connectivity index (χ3v) is 8.74. The van der Waals surface area contributed by atoms with Gasteiger partial charge < -0.3 is 39.0 Å². The molecule has 3 aliphatic heterocycles. The minimum Gasteiger partial charge on any atom is -0.497 e. The summed E-state index contributed by atoms with van der Waals surface area (Å²) in [5, 5.41) is 5.99. The van der Waals surface area contributed by atoms with Crippen molar-refractivity contribution in [3.63, 3.8) is 0 Å². The zero-order valence-corrected chi connectivity index (χ0v) is 25.6. The van der Waals surface area contributed by atoms with Crippen LogP contribution in [0.5, 0.6) is 23.0 Å². The van der Waals surface area contributed by atoms with E-state index in [9.17, 15) is 14.4 Å². The molecule has 7 rings (SSSR count). The van der Waals surface area contributed by atoms with E-state index in [-0.39, 0.29) is 29.2 Å². The van der Waals surface area contributed by atoms with E-state index in [2.05, 4.69) is 15.5 Å². The minimum absolute atomic E-state index is 0.0238. The van der Waals surface area contributed by atoms with Crippen molar-refractivity contribution in [2.24, 2.45) is 5.92 Å². The Balaban J connectivity index is 1.21. The molecule has 236 valence electrons. The summed E-state index contributed by atoms with van der Waals surface area (Å²) < 4.78 is 23.9. The second-order valence-electron chi connectivity index (χ2n) is 11.7. The van der Waals surface area contributed by atoms with Crippen LogP contribution in [0.15, 0.2) is 77.6 Å². The SMILES string of the molecule is COc1cc(OC)cc(C(=O)Nc2cc(C(=O)Nc3ccc4c(c3)OCCO4)ccc2N2CC3CC(C2)c2cccc(=O)n2C3)c1. The van der Waals surface area contributed by atoms with Crippen molar-refractivity contribution < 1.29 is 28.5 Å². The van der Waals surface area contributed by atoms with Gasteiger partial charge in [0, 0.05) is 66.3 Å². The van der Waals surface area contributed by atoms with Crippen molar-refractivity contribution in [1.29, 1.82) is 0 Å². The number of ether oxygens (including phenoxy) is 4. The molecule has 46 heavy (non-hydrogen) atoms. The van der Waals surface area contributed by atoms with Gasteiger partial charge in [0.05, 0.1) is 25.6 Å². The minimum atomic E-state index is -0.378. The van der Waals surface area contributed by atoms with Crippen molar-refractivity contribution in [2.45, 2.75) is 18.9 Å². The summed E-state index contributed by atoms with van der Waals surface area (Å²) in [4.78, 5) is 42.0. The quantitative estimate of drug-likeness (QED) is 0.303. The molecule has 0 spiro atoms. The number of carbonyl (C=O) groups excluding carboxylic acids is 2. The Labute approximate surface area is 265 Å². The van der Waals surface area contributed by atoms with Gasteiger partial charge in [-0.25, -0.2) is 0 Å². The van der Waals surface area contributed by atoms with E-state index >= 15 is 0 Å². The van der Waals surface area contributed by atoms with Crippen LogP contribution in [-0.2, 0) is 6.54 Å².